The molecule has 0 aromatic heterocycles. The van der Waals surface area contributed by atoms with Crippen molar-refractivity contribution in [2.45, 2.75) is 149 Å². The first kappa shape index (κ1) is 34.9. The minimum atomic E-state index is -1.53. The Bertz CT molecular complexity index is 1180. The van der Waals surface area contributed by atoms with E-state index in [9.17, 15) is 29.7 Å². The van der Waals surface area contributed by atoms with Gasteiger partial charge in [-0.25, -0.2) is 0 Å². The molecule has 0 spiro atoms. The second-order valence-electron chi connectivity index (χ2n) is 16.4. The first-order valence-electron chi connectivity index (χ1n) is 16.4. The van der Waals surface area contributed by atoms with E-state index in [1.165, 1.54) is 6.92 Å². The van der Waals surface area contributed by atoms with E-state index in [0.29, 0.717) is 31.3 Å². The summed E-state index contributed by atoms with van der Waals surface area (Å²) in [6, 6.07) is 0. The van der Waals surface area contributed by atoms with Gasteiger partial charge in [-0.1, -0.05) is 46.8 Å². The van der Waals surface area contributed by atoms with E-state index in [1.807, 2.05) is 0 Å². The molecule has 4 saturated carbocycles. The van der Waals surface area contributed by atoms with Gasteiger partial charge in [0.1, 0.15) is 18.6 Å². The van der Waals surface area contributed by atoms with Gasteiger partial charge in [0, 0.05) is 18.3 Å². The van der Waals surface area contributed by atoms with Crippen LogP contribution in [0.1, 0.15) is 120 Å². The van der Waals surface area contributed by atoms with E-state index in [4.69, 9.17) is 14.6 Å². The van der Waals surface area contributed by atoms with Gasteiger partial charge in [-0.05, 0) is 99.7 Å². The number of hydrogen-bond donors (Lipinski definition) is 4. The molecule has 9 heteroatoms. The minimum absolute atomic E-state index is 0.131. The maximum Gasteiger partial charge on any atom is 0.317 e. The number of ether oxygens (including phenoxy) is 2. The molecular weight excluding hydrogens is 564 g/mol. The molecule has 11 atom stereocenters. The van der Waals surface area contributed by atoms with E-state index in [2.05, 4.69) is 41.2 Å². The van der Waals surface area contributed by atoms with Crippen LogP contribution in [-0.4, -0.2) is 67.8 Å². The fraction of sp³-hybridized carbons (Fsp3) is 0.857. The number of carboxylic acids is 1. The van der Waals surface area contributed by atoms with E-state index in [1.54, 1.807) is 13.8 Å². The molecule has 0 amide bonds. The first-order valence-corrected chi connectivity index (χ1v) is 16.4. The highest BCUT2D eigenvalue weighted by Crippen LogP contribution is 2.76. The number of aliphatic hydroxyl groups is 3. The van der Waals surface area contributed by atoms with Crippen molar-refractivity contribution in [3.05, 3.63) is 12.2 Å². The van der Waals surface area contributed by atoms with Crippen LogP contribution in [0.25, 0.3) is 0 Å². The van der Waals surface area contributed by atoms with Crippen LogP contribution in [0.2, 0.25) is 0 Å². The summed E-state index contributed by atoms with van der Waals surface area (Å²) in [5.74, 6) is -2.53. The third-order valence-electron chi connectivity index (χ3n) is 13.7. The number of aliphatic hydroxyl groups excluding tert-OH is 1. The van der Waals surface area contributed by atoms with Gasteiger partial charge in [0.25, 0.3) is 0 Å². The Hall–Kier alpha value is -1.97. The summed E-state index contributed by atoms with van der Waals surface area (Å²) in [6.45, 7) is 19.7. The second kappa shape index (κ2) is 11.4. The monoisotopic (exact) mass is 620 g/mol. The normalized spacial score (nSPS) is 42.9. The highest BCUT2D eigenvalue weighted by molar-refractivity contribution is 5.90. The molecule has 4 fully saturated rings. The number of carbonyl (C=O) groups excluding carboxylic acids is 2. The van der Waals surface area contributed by atoms with Crippen molar-refractivity contribution < 1.29 is 44.3 Å². The van der Waals surface area contributed by atoms with Crippen LogP contribution in [0.4, 0.5) is 0 Å². The fourth-order valence-corrected chi connectivity index (χ4v) is 11.1. The van der Waals surface area contributed by atoms with Crippen molar-refractivity contribution in [3.8, 4) is 0 Å². The Morgan fingerprint density at radius 3 is 2.16 bits per heavy atom. The smallest absolute Gasteiger partial charge is 0.317 e. The lowest BCUT2D eigenvalue weighted by Crippen LogP contribution is -2.70. The van der Waals surface area contributed by atoms with Crippen LogP contribution < -0.4 is 0 Å². The van der Waals surface area contributed by atoms with Crippen molar-refractivity contribution >= 4 is 17.9 Å². The molecule has 0 saturated heterocycles. The van der Waals surface area contributed by atoms with Gasteiger partial charge in [-0.15, -0.1) is 0 Å². The zero-order valence-electron chi connectivity index (χ0n) is 28.1. The van der Waals surface area contributed by atoms with Gasteiger partial charge in [0.2, 0.25) is 0 Å². The van der Waals surface area contributed by atoms with E-state index < -0.39 is 70.6 Å². The molecule has 4 aliphatic rings. The van der Waals surface area contributed by atoms with Crippen LogP contribution >= 0.6 is 0 Å². The number of rotatable bonds is 9. The number of carboxylic acid groups (broad SMARTS) is 1. The van der Waals surface area contributed by atoms with E-state index >= 15 is 0 Å². The Labute approximate surface area is 262 Å². The number of carbonyl (C=O) groups is 3. The first-order chi connectivity index (χ1) is 20.1. The number of aliphatic carboxylic acids is 1. The predicted octanol–water partition coefficient (Wildman–Crippen LogP) is 5.18. The van der Waals surface area contributed by atoms with Gasteiger partial charge in [0.05, 0.1) is 17.3 Å². The average Bonchev–Trinajstić information content (AvgIpc) is 3.19. The summed E-state index contributed by atoms with van der Waals surface area (Å²) >= 11 is 0. The van der Waals surface area contributed by atoms with E-state index in [-0.39, 0.29) is 35.5 Å². The predicted molar refractivity (Wildman–Crippen MR) is 164 cm³/mol. The molecule has 44 heavy (non-hydrogen) atoms. The summed E-state index contributed by atoms with van der Waals surface area (Å²) in [5.41, 5.74) is -3.74. The summed E-state index contributed by atoms with van der Waals surface area (Å²) < 4.78 is 11.9. The molecule has 0 aromatic rings. The molecule has 4 rings (SSSR count). The summed E-state index contributed by atoms with van der Waals surface area (Å²) in [4.78, 5) is 36.1. The van der Waals surface area contributed by atoms with Gasteiger partial charge in [0.15, 0.2) is 0 Å². The number of fused-ring (bicyclic) bond motifs is 5. The third kappa shape index (κ3) is 5.32. The second-order valence-corrected chi connectivity index (χ2v) is 16.4. The molecule has 250 valence electrons. The molecule has 9 nitrogen and oxygen atoms in total. The zero-order chi connectivity index (χ0) is 33.3. The highest BCUT2D eigenvalue weighted by Gasteiger charge is 2.75. The Kier molecular flexibility index (Phi) is 9.02. The van der Waals surface area contributed by atoms with Gasteiger partial charge in [-0.3, -0.25) is 14.4 Å². The maximum absolute atomic E-state index is 12.6. The Morgan fingerprint density at radius 1 is 0.955 bits per heavy atom. The minimum Gasteiger partial charge on any atom is -0.481 e. The van der Waals surface area contributed by atoms with Crippen molar-refractivity contribution in [3.63, 3.8) is 0 Å². The summed E-state index contributed by atoms with van der Waals surface area (Å²) in [6.07, 6.45) is 2.70. The van der Waals surface area contributed by atoms with Crippen LogP contribution in [0.5, 0.6) is 0 Å². The largest absolute Gasteiger partial charge is 0.481 e. The van der Waals surface area contributed by atoms with Crippen LogP contribution in [0.15, 0.2) is 12.2 Å². The SMILES string of the molecule is C=C(C)[C@@H](O)CC[C@@](C)(O)[C@]1(O)CC[C@]2(C)[C@@H]1[C@H](OC(C)=O)C[C@H]1[C@@]3(C)CC[C@H](OC(=O)CC(=O)O)C(C)(C)[C@@H]3CC[C@@]12C. The quantitative estimate of drug-likeness (QED) is 0.155. The topological polar surface area (TPSA) is 151 Å². The van der Waals surface area contributed by atoms with Gasteiger partial charge < -0.3 is 29.9 Å². The van der Waals surface area contributed by atoms with Crippen molar-refractivity contribution in [2.24, 2.45) is 39.4 Å². The molecule has 0 radical (unpaired) electrons. The van der Waals surface area contributed by atoms with Crippen molar-refractivity contribution in [1.29, 1.82) is 0 Å². The number of esters is 2. The maximum atomic E-state index is 12.6. The van der Waals surface area contributed by atoms with Gasteiger partial charge >= 0.3 is 17.9 Å². The molecule has 4 aliphatic carbocycles. The lowest BCUT2D eigenvalue weighted by Gasteiger charge is -2.71. The zero-order valence-corrected chi connectivity index (χ0v) is 28.1. The van der Waals surface area contributed by atoms with Crippen LogP contribution in [-0.2, 0) is 23.9 Å². The summed E-state index contributed by atoms with van der Waals surface area (Å²) in [5, 5.41) is 44.0. The number of hydrogen-bond acceptors (Lipinski definition) is 8. The molecule has 4 N–H and O–H groups in total. The van der Waals surface area contributed by atoms with Crippen molar-refractivity contribution in [2.75, 3.05) is 0 Å². The molecule has 0 aliphatic heterocycles. The third-order valence-corrected chi connectivity index (χ3v) is 13.7. The Balaban J connectivity index is 1.71. The fourth-order valence-electron chi connectivity index (χ4n) is 11.1. The van der Waals surface area contributed by atoms with Crippen molar-refractivity contribution in [1.82, 2.24) is 0 Å². The molecule has 0 bridgehead atoms. The average molecular weight is 621 g/mol. The molecule has 0 unspecified atom stereocenters. The molecule has 0 heterocycles. The standard InChI is InChI=1S/C35H56O9/c1-20(2)22(37)10-15-34(9,41)35(42)17-16-33(8)29(35)23(43-21(3)36)18-25-31(6)13-12-26(44-28(40)19-27(38)39)30(4,5)24(31)11-14-32(25,33)7/h22-26,29,37,41-42H,1,10-19H2,2-9H3,(H,38,39)/t22-,23+,24-,25-,26-,29-,31-,32-,33+,34+,35-/m0/s1. The lowest BCUT2D eigenvalue weighted by atomic mass is 9.35. The molecular formula is C35H56O9. The van der Waals surface area contributed by atoms with Gasteiger partial charge in [-0.2, -0.15) is 0 Å². The Morgan fingerprint density at radius 2 is 1.59 bits per heavy atom. The van der Waals surface area contributed by atoms with Crippen LogP contribution in [0.3, 0.4) is 0 Å². The van der Waals surface area contributed by atoms with E-state index in [0.717, 1.165) is 19.3 Å². The molecule has 0 aromatic carbocycles. The lowest BCUT2D eigenvalue weighted by molar-refractivity contribution is -0.275. The summed E-state index contributed by atoms with van der Waals surface area (Å²) in [7, 11) is 0. The highest BCUT2D eigenvalue weighted by atomic mass is 16.6. The van der Waals surface area contributed by atoms with Crippen LogP contribution in [0, 0.1) is 39.4 Å².